The van der Waals surface area contributed by atoms with Gasteiger partial charge in [-0.05, 0) is 37.4 Å². The maximum atomic E-state index is 11.1. The van der Waals surface area contributed by atoms with Crippen molar-refractivity contribution in [3.05, 3.63) is 32.8 Å². The normalized spacial score (nSPS) is 16.8. The molecule has 0 radical (unpaired) electrons. The summed E-state index contributed by atoms with van der Waals surface area (Å²) in [7, 11) is 0. The number of rotatable bonds is 7. The van der Waals surface area contributed by atoms with Crippen LogP contribution in [0.1, 0.15) is 19.8 Å². The van der Waals surface area contributed by atoms with Crippen molar-refractivity contribution in [3.63, 3.8) is 0 Å². The molecule has 21 heavy (non-hydrogen) atoms. The van der Waals surface area contributed by atoms with Crippen LogP contribution in [0, 0.1) is 27.4 Å². The van der Waals surface area contributed by atoms with Gasteiger partial charge in [0.15, 0.2) is 5.75 Å². The molecule has 1 aliphatic rings. The molecule has 1 aliphatic carbocycles. The lowest BCUT2D eigenvalue weighted by atomic mass is 9.96. The lowest BCUT2D eigenvalue weighted by molar-refractivity contribution is -0.386. The van der Waals surface area contributed by atoms with Crippen LogP contribution < -0.4 is 10.1 Å². The van der Waals surface area contributed by atoms with Crippen molar-refractivity contribution in [2.45, 2.75) is 25.3 Å². The standard InChI is InChI=1S/C14H16BrN3O3/c1-2-17-14(8-16,10-3-4-10)9-21-13-6-5-11(15)7-12(13)18(19)20/h5-7,10,17H,2-4,9H2,1H3. The summed E-state index contributed by atoms with van der Waals surface area (Å²) in [6.07, 6.45) is 1.96. The molecular weight excluding hydrogens is 338 g/mol. The molecule has 1 aromatic carbocycles. The molecule has 1 atom stereocenters. The molecule has 0 spiro atoms. The highest BCUT2D eigenvalue weighted by Gasteiger charge is 2.46. The van der Waals surface area contributed by atoms with E-state index >= 15 is 0 Å². The van der Waals surface area contributed by atoms with E-state index in [1.165, 1.54) is 6.07 Å². The first-order chi connectivity index (χ1) is 10.0. The first-order valence-corrected chi connectivity index (χ1v) is 7.54. The summed E-state index contributed by atoms with van der Waals surface area (Å²) in [5, 5.41) is 23.7. The van der Waals surface area contributed by atoms with E-state index in [1.807, 2.05) is 6.92 Å². The number of nitriles is 1. The molecule has 1 unspecified atom stereocenters. The fraction of sp³-hybridized carbons (Fsp3) is 0.500. The second kappa shape index (κ2) is 6.41. The van der Waals surface area contributed by atoms with Crippen LogP contribution in [-0.2, 0) is 0 Å². The molecule has 1 saturated carbocycles. The molecular formula is C14H16BrN3O3. The first kappa shape index (κ1) is 15.7. The van der Waals surface area contributed by atoms with E-state index in [9.17, 15) is 15.4 Å². The molecule has 0 bridgehead atoms. The van der Waals surface area contributed by atoms with Crippen molar-refractivity contribution in [3.8, 4) is 11.8 Å². The topological polar surface area (TPSA) is 88.2 Å². The van der Waals surface area contributed by atoms with Crippen molar-refractivity contribution in [1.29, 1.82) is 5.26 Å². The number of nitro benzene ring substituents is 1. The maximum Gasteiger partial charge on any atom is 0.312 e. The van der Waals surface area contributed by atoms with Crippen LogP contribution in [-0.4, -0.2) is 23.6 Å². The van der Waals surface area contributed by atoms with Gasteiger partial charge in [-0.3, -0.25) is 15.4 Å². The van der Waals surface area contributed by atoms with Gasteiger partial charge in [0.2, 0.25) is 0 Å². The molecule has 0 heterocycles. The zero-order valence-corrected chi connectivity index (χ0v) is 13.2. The third-order valence-electron chi connectivity index (χ3n) is 3.54. The summed E-state index contributed by atoms with van der Waals surface area (Å²) in [5.74, 6) is 0.429. The zero-order valence-electron chi connectivity index (χ0n) is 11.6. The zero-order chi connectivity index (χ0) is 15.5. The van der Waals surface area contributed by atoms with Crippen molar-refractivity contribution in [2.24, 2.45) is 5.92 Å². The van der Waals surface area contributed by atoms with Crippen LogP contribution in [0.4, 0.5) is 5.69 Å². The molecule has 0 aromatic heterocycles. The van der Waals surface area contributed by atoms with Gasteiger partial charge in [-0.15, -0.1) is 0 Å². The smallest absolute Gasteiger partial charge is 0.312 e. The second-order valence-corrected chi connectivity index (χ2v) is 5.96. The Bertz CT molecular complexity index is 583. The van der Waals surface area contributed by atoms with Gasteiger partial charge in [-0.2, -0.15) is 5.26 Å². The average Bonchev–Trinajstić information content (AvgIpc) is 3.29. The van der Waals surface area contributed by atoms with Crippen LogP contribution in [0.2, 0.25) is 0 Å². The number of nitrogens with one attached hydrogen (secondary N) is 1. The summed E-state index contributed by atoms with van der Waals surface area (Å²) in [6.45, 7) is 2.68. The Balaban J connectivity index is 2.18. The van der Waals surface area contributed by atoms with Crippen LogP contribution in [0.5, 0.6) is 5.75 Å². The van der Waals surface area contributed by atoms with Gasteiger partial charge in [-0.1, -0.05) is 22.9 Å². The number of nitrogens with zero attached hydrogens (tertiary/aromatic N) is 2. The largest absolute Gasteiger partial charge is 0.484 e. The predicted molar refractivity (Wildman–Crippen MR) is 81.0 cm³/mol. The lowest BCUT2D eigenvalue weighted by Gasteiger charge is -2.27. The number of nitro groups is 1. The highest BCUT2D eigenvalue weighted by atomic mass is 79.9. The van der Waals surface area contributed by atoms with E-state index in [-0.39, 0.29) is 24.0 Å². The van der Waals surface area contributed by atoms with Gasteiger partial charge in [0.05, 0.1) is 11.0 Å². The minimum atomic E-state index is -0.768. The summed E-state index contributed by atoms with van der Waals surface area (Å²) in [5.41, 5.74) is -0.876. The molecule has 6 nitrogen and oxygen atoms in total. The van der Waals surface area contributed by atoms with E-state index in [1.54, 1.807) is 12.1 Å². The maximum absolute atomic E-state index is 11.1. The number of benzene rings is 1. The van der Waals surface area contributed by atoms with Crippen LogP contribution in [0.25, 0.3) is 0 Å². The molecule has 0 amide bonds. The Labute approximate surface area is 131 Å². The van der Waals surface area contributed by atoms with Gasteiger partial charge >= 0.3 is 5.69 Å². The minimum Gasteiger partial charge on any atom is -0.484 e. The molecule has 7 heteroatoms. The summed E-state index contributed by atoms with van der Waals surface area (Å²) >= 11 is 3.20. The molecule has 0 saturated heterocycles. The number of likely N-dealkylation sites (N-methyl/N-ethyl adjacent to an activating group) is 1. The van der Waals surface area contributed by atoms with Gasteiger partial charge < -0.3 is 4.74 Å². The van der Waals surface area contributed by atoms with E-state index < -0.39 is 10.5 Å². The minimum absolute atomic E-state index is 0.102. The Hall–Kier alpha value is -1.65. The Morgan fingerprint density at radius 3 is 2.86 bits per heavy atom. The Morgan fingerprint density at radius 2 is 2.33 bits per heavy atom. The Kier molecular flexibility index (Phi) is 4.80. The van der Waals surface area contributed by atoms with Crippen LogP contribution in [0.15, 0.2) is 22.7 Å². The molecule has 0 aliphatic heterocycles. The highest BCUT2D eigenvalue weighted by Crippen LogP contribution is 2.40. The van der Waals surface area contributed by atoms with Crippen molar-refractivity contribution in [2.75, 3.05) is 13.2 Å². The highest BCUT2D eigenvalue weighted by molar-refractivity contribution is 9.10. The second-order valence-electron chi connectivity index (χ2n) is 5.05. The van der Waals surface area contributed by atoms with Crippen LogP contribution >= 0.6 is 15.9 Å². The predicted octanol–water partition coefficient (Wildman–Crippen LogP) is 3.02. The van der Waals surface area contributed by atoms with Crippen molar-refractivity contribution < 1.29 is 9.66 Å². The number of hydrogen-bond acceptors (Lipinski definition) is 5. The average molecular weight is 354 g/mol. The monoisotopic (exact) mass is 353 g/mol. The summed E-state index contributed by atoms with van der Waals surface area (Å²) in [6, 6.07) is 6.92. The van der Waals surface area contributed by atoms with E-state index in [0.717, 1.165) is 12.8 Å². The van der Waals surface area contributed by atoms with E-state index in [2.05, 4.69) is 27.3 Å². The lowest BCUT2D eigenvalue weighted by Crippen LogP contribution is -2.50. The third kappa shape index (κ3) is 3.52. The first-order valence-electron chi connectivity index (χ1n) is 6.75. The fourth-order valence-corrected chi connectivity index (χ4v) is 2.66. The van der Waals surface area contributed by atoms with Crippen molar-refractivity contribution in [1.82, 2.24) is 5.32 Å². The van der Waals surface area contributed by atoms with E-state index in [4.69, 9.17) is 4.74 Å². The molecule has 1 fully saturated rings. The van der Waals surface area contributed by atoms with E-state index in [0.29, 0.717) is 11.0 Å². The van der Waals surface area contributed by atoms with Gasteiger partial charge in [0, 0.05) is 10.5 Å². The van der Waals surface area contributed by atoms with Crippen molar-refractivity contribution >= 4 is 21.6 Å². The quantitative estimate of drug-likeness (QED) is 0.601. The molecule has 112 valence electrons. The fourth-order valence-electron chi connectivity index (χ4n) is 2.31. The Morgan fingerprint density at radius 1 is 1.62 bits per heavy atom. The summed E-state index contributed by atoms with van der Waals surface area (Å²) < 4.78 is 6.23. The van der Waals surface area contributed by atoms with Gasteiger partial charge in [-0.25, -0.2) is 0 Å². The van der Waals surface area contributed by atoms with Gasteiger partial charge in [0.1, 0.15) is 12.1 Å². The molecule has 1 N–H and O–H groups in total. The SMILES string of the molecule is CCNC(C#N)(COc1ccc(Br)cc1[N+](=O)[O-])C1CC1. The number of hydrogen-bond donors (Lipinski definition) is 1. The van der Waals surface area contributed by atoms with Gasteiger partial charge in [0.25, 0.3) is 0 Å². The van der Waals surface area contributed by atoms with Crippen LogP contribution in [0.3, 0.4) is 0 Å². The molecule has 2 rings (SSSR count). The summed E-state index contributed by atoms with van der Waals surface area (Å²) in [4.78, 5) is 10.6. The number of halogens is 1. The molecule has 1 aromatic rings. The number of ether oxygens (including phenoxy) is 1. The third-order valence-corrected chi connectivity index (χ3v) is 4.03.